The maximum atomic E-state index is 6.09. The van der Waals surface area contributed by atoms with E-state index in [0.717, 1.165) is 18.0 Å². The van der Waals surface area contributed by atoms with E-state index in [-0.39, 0.29) is 6.04 Å². The van der Waals surface area contributed by atoms with Crippen molar-refractivity contribution in [3.63, 3.8) is 0 Å². The maximum absolute atomic E-state index is 6.09. The molecule has 1 aromatic carbocycles. The SMILES string of the molecule is CC(N)Cc1cc(Cl)ccc1N(C)Cc1cccs1. The molecule has 0 aliphatic heterocycles. The van der Waals surface area contributed by atoms with Crippen LogP contribution in [0.15, 0.2) is 35.7 Å². The van der Waals surface area contributed by atoms with E-state index in [9.17, 15) is 0 Å². The molecular weight excluding hydrogens is 276 g/mol. The van der Waals surface area contributed by atoms with Crippen LogP contribution in [-0.2, 0) is 13.0 Å². The third-order valence-corrected chi connectivity index (χ3v) is 4.06. The molecule has 0 saturated carbocycles. The van der Waals surface area contributed by atoms with Crippen LogP contribution in [0.1, 0.15) is 17.4 Å². The molecule has 1 heterocycles. The van der Waals surface area contributed by atoms with Crippen LogP contribution >= 0.6 is 22.9 Å². The zero-order valence-electron chi connectivity index (χ0n) is 11.3. The number of nitrogens with zero attached hydrogens (tertiary/aromatic N) is 1. The molecule has 4 heteroatoms. The normalized spacial score (nSPS) is 12.4. The third kappa shape index (κ3) is 3.96. The van der Waals surface area contributed by atoms with Crippen LogP contribution in [-0.4, -0.2) is 13.1 Å². The molecule has 0 amide bonds. The summed E-state index contributed by atoms with van der Waals surface area (Å²) < 4.78 is 0. The maximum Gasteiger partial charge on any atom is 0.0519 e. The van der Waals surface area contributed by atoms with Crippen molar-refractivity contribution in [2.45, 2.75) is 25.9 Å². The minimum absolute atomic E-state index is 0.132. The molecule has 2 aromatic rings. The van der Waals surface area contributed by atoms with E-state index in [2.05, 4.69) is 35.5 Å². The quantitative estimate of drug-likeness (QED) is 0.905. The summed E-state index contributed by atoms with van der Waals surface area (Å²) in [5.41, 5.74) is 8.33. The second kappa shape index (κ2) is 6.42. The molecule has 0 spiro atoms. The lowest BCUT2D eigenvalue weighted by molar-refractivity contribution is 0.734. The predicted molar refractivity (Wildman–Crippen MR) is 85.2 cm³/mol. The Balaban J connectivity index is 2.22. The zero-order valence-corrected chi connectivity index (χ0v) is 12.8. The highest BCUT2D eigenvalue weighted by Gasteiger charge is 2.10. The Kier molecular flexibility index (Phi) is 4.86. The van der Waals surface area contributed by atoms with Gasteiger partial charge in [-0.15, -0.1) is 11.3 Å². The molecule has 19 heavy (non-hydrogen) atoms. The number of thiophene rings is 1. The summed E-state index contributed by atoms with van der Waals surface area (Å²) in [4.78, 5) is 3.60. The van der Waals surface area contributed by atoms with Gasteiger partial charge in [0.15, 0.2) is 0 Å². The van der Waals surface area contributed by atoms with Crippen molar-refractivity contribution in [3.05, 3.63) is 51.2 Å². The highest BCUT2D eigenvalue weighted by atomic mass is 35.5. The molecule has 0 fully saturated rings. The van der Waals surface area contributed by atoms with E-state index >= 15 is 0 Å². The standard InChI is InChI=1S/C15H19ClN2S/c1-11(17)8-12-9-13(16)5-6-15(12)18(2)10-14-4-3-7-19-14/h3-7,9,11H,8,10,17H2,1-2H3. The molecule has 2 N–H and O–H groups in total. The van der Waals surface area contributed by atoms with Gasteiger partial charge in [0, 0.05) is 28.7 Å². The van der Waals surface area contributed by atoms with Crippen molar-refractivity contribution in [2.75, 3.05) is 11.9 Å². The molecule has 0 radical (unpaired) electrons. The minimum atomic E-state index is 0.132. The Hall–Kier alpha value is -1.03. The zero-order chi connectivity index (χ0) is 13.8. The van der Waals surface area contributed by atoms with Crippen molar-refractivity contribution < 1.29 is 0 Å². The first kappa shape index (κ1) is 14.4. The van der Waals surface area contributed by atoms with Crippen LogP contribution in [0.4, 0.5) is 5.69 Å². The van der Waals surface area contributed by atoms with Crippen molar-refractivity contribution in [1.82, 2.24) is 0 Å². The second-order valence-corrected chi connectivity index (χ2v) is 6.36. The molecule has 1 unspecified atom stereocenters. The van der Waals surface area contributed by atoms with Crippen molar-refractivity contribution in [1.29, 1.82) is 0 Å². The number of nitrogens with two attached hydrogens (primary N) is 1. The van der Waals surface area contributed by atoms with Gasteiger partial charge in [-0.25, -0.2) is 0 Å². The minimum Gasteiger partial charge on any atom is -0.369 e. The Morgan fingerprint density at radius 1 is 1.37 bits per heavy atom. The van der Waals surface area contributed by atoms with Crippen LogP contribution in [0.25, 0.3) is 0 Å². The van der Waals surface area contributed by atoms with Crippen molar-refractivity contribution in [2.24, 2.45) is 5.73 Å². The topological polar surface area (TPSA) is 29.3 Å². The van der Waals surface area contributed by atoms with Gasteiger partial charge in [0.1, 0.15) is 0 Å². The summed E-state index contributed by atoms with van der Waals surface area (Å²) in [6.45, 7) is 2.93. The first-order valence-electron chi connectivity index (χ1n) is 6.34. The Morgan fingerprint density at radius 2 is 2.16 bits per heavy atom. The smallest absolute Gasteiger partial charge is 0.0519 e. The molecule has 1 atom stereocenters. The van der Waals surface area contributed by atoms with E-state index in [1.807, 2.05) is 19.1 Å². The molecule has 0 bridgehead atoms. The van der Waals surface area contributed by atoms with Crippen molar-refractivity contribution >= 4 is 28.6 Å². The van der Waals surface area contributed by atoms with Gasteiger partial charge >= 0.3 is 0 Å². The lowest BCUT2D eigenvalue weighted by Gasteiger charge is -2.23. The number of rotatable bonds is 5. The number of anilines is 1. The molecule has 0 aliphatic carbocycles. The lowest BCUT2D eigenvalue weighted by Crippen LogP contribution is -2.22. The Labute approximate surface area is 123 Å². The van der Waals surface area contributed by atoms with Crippen LogP contribution < -0.4 is 10.6 Å². The largest absolute Gasteiger partial charge is 0.369 e. The summed E-state index contributed by atoms with van der Waals surface area (Å²) in [5, 5.41) is 2.87. The van der Waals surface area contributed by atoms with Gasteiger partial charge in [-0.1, -0.05) is 17.7 Å². The van der Waals surface area contributed by atoms with Gasteiger partial charge in [0.05, 0.1) is 6.54 Å². The van der Waals surface area contributed by atoms with Crippen molar-refractivity contribution in [3.8, 4) is 0 Å². The molecule has 0 aliphatic rings. The molecule has 102 valence electrons. The van der Waals surface area contributed by atoms with Crippen LogP contribution in [0.3, 0.4) is 0 Å². The molecular formula is C15H19ClN2S. The van der Waals surface area contributed by atoms with E-state index in [1.54, 1.807) is 11.3 Å². The average molecular weight is 295 g/mol. The van der Waals surface area contributed by atoms with E-state index < -0.39 is 0 Å². The van der Waals surface area contributed by atoms with Gasteiger partial charge in [-0.05, 0) is 48.6 Å². The fourth-order valence-corrected chi connectivity index (χ4v) is 3.11. The summed E-state index contributed by atoms with van der Waals surface area (Å²) in [5.74, 6) is 0. The molecule has 0 saturated heterocycles. The van der Waals surface area contributed by atoms with Gasteiger partial charge in [0.2, 0.25) is 0 Å². The summed E-state index contributed by atoms with van der Waals surface area (Å²) >= 11 is 7.87. The number of benzene rings is 1. The van der Waals surface area contributed by atoms with Gasteiger partial charge in [0.25, 0.3) is 0 Å². The fraction of sp³-hybridized carbons (Fsp3) is 0.333. The number of halogens is 1. The highest BCUT2D eigenvalue weighted by Crippen LogP contribution is 2.26. The third-order valence-electron chi connectivity index (χ3n) is 2.97. The molecule has 2 rings (SSSR count). The monoisotopic (exact) mass is 294 g/mol. The summed E-state index contributed by atoms with van der Waals surface area (Å²) in [6, 6.07) is 10.4. The number of hydrogen-bond donors (Lipinski definition) is 1. The average Bonchev–Trinajstić information content (AvgIpc) is 2.80. The van der Waals surface area contributed by atoms with E-state index in [4.69, 9.17) is 17.3 Å². The predicted octanol–water partition coefficient (Wildman–Crippen LogP) is 3.93. The Bertz CT molecular complexity index is 523. The summed E-state index contributed by atoms with van der Waals surface area (Å²) in [6.07, 6.45) is 0.838. The van der Waals surface area contributed by atoms with Crippen LogP contribution in [0.2, 0.25) is 5.02 Å². The van der Waals surface area contributed by atoms with Crippen LogP contribution in [0, 0.1) is 0 Å². The number of hydrogen-bond acceptors (Lipinski definition) is 3. The van der Waals surface area contributed by atoms with Crippen LogP contribution in [0.5, 0.6) is 0 Å². The first-order chi connectivity index (χ1) is 9.06. The summed E-state index contributed by atoms with van der Waals surface area (Å²) in [7, 11) is 2.10. The van der Waals surface area contributed by atoms with E-state index in [0.29, 0.717) is 0 Å². The highest BCUT2D eigenvalue weighted by molar-refractivity contribution is 7.09. The van der Waals surface area contributed by atoms with Gasteiger partial charge in [-0.2, -0.15) is 0 Å². The Morgan fingerprint density at radius 3 is 2.79 bits per heavy atom. The fourth-order valence-electron chi connectivity index (χ4n) is 2.16. The molecule has 1 aromatic heterocycles. The lowest BCUT2D eigenvalue weighted by atomic mass is 10.0. The first-order valence-corrected chi connectivity index (χ1v) is 7.59. The van der Waals surface area contributed by atoms with E-state index in [1.165, 1.54) is 16.1 Å². The second-order valence-electron chi connectivity index (χ2n) is 4.89. The van der Waals surface area contributed by atoms with Gasteiger partial charge in [-0.3, -0.25) is 0 Å². The molecule has 2 nitrogen and oxygen atoms in total. The van der Waals surface area contributed by atoms with Gasteiger partial charge < -0.3 is 10.6 Å².